The Balaban J connectivity index is 1.50. The van der Waals surface area contributed by atoms with E-state index in [2.05, 4.69) is 20.3 Å². The molecule has 10 nitrogen and oxygen atoms in total. The lowest BCUT2D eigenvalue weighted by atomic mass is 10.1. The Kier molecular flexibility index (Phi) is 5.58. The predicted molar refractivity (Wildman–Crippen MR) is 104 cm³/mol. The summed E-state index contributed by atoms with van der Waals surface area (Å²) in [5.74, 6) is 0.202. The minimum Gasteiger partial charge on any atom is -0.394 e. The molecule has 0 amide bonds. The van der Waals surface area contributed by atoms with Crippen LogP contribution in [0.3, 0.4) is 0 Å². The number of rotatable bonds is 7. The molecule has 10 heteroatoms. The molecule has 1 aliphatic rings. The number of ether oxygens (including phenoxy) is 1. The second-order valence-corrected chi connectivity index (χ2v) is 7.08. The van der Waals surface area contributed by atoms with E-state index in [1.54, 1.807) is 4.57 Å². The predicted octanol–water partition coefficient (Wildman–Crippen LogP) is -0.224. The minimum absolute atomic E-state index is 0.144. The fourth-order valence-corrected chi connectivity index (χ4v) is 3.44. The van der Waals surface area contributed by atoms with Crippen LogP contribution < -0.4 is 10.9 Å². The van der Waals surface area contributed by atoms with Crippen LogP contribution in [-0.2, 0) is 11.2 Å². The molecule has 0 spiro atoms. The van der Waals surface area contributed by atoms with Crippen molar-refractivity contribution in [3.05, 3.63) is 52.6 Å². The Labute approximate surface area is 165 Å². The van der Waals surface area contributed by atoms with Crippen LogP contribution in [0.2, 0.25) is 0 Å². The summed E-state index contributed by atoms with van der Waals surface area (Å²) in [6.07, 6.45) is -0.601. The highest BCUT2D eigenvalue weighted by Gasteiger charge is 2.35. The molecule has 4 atom stereocenters. The van der Waals surface area contributed by atoms with E-state index in [-0.39, 0.29) is 31.0 Å². The Morgan fingerprint density at radius 1 is 1.34 bits per heavy atom. The first-order chi connectivity index (χ1) is 14.0. The Morgan fingerprint density at radius 3 is 2.86 bits per heavy atom. The number of aromatic nitrogens is 4. The number of hydrogen-bond donors (Lipinski definition) is 5. The summed E-state index contributed by atoms with van der Waals surface area (Å²) in [6.45, 7) is -0.104. The monoisotopic (exact) mass is 401 g/mol. The van der Waals surface area contributed by atoms with Crippen molar-refractivity contribution in [3.63, 3.8) is 0 Å². The number of aliphatic hydroxyl groups is 3. The summed E-state index contributed by atoms with van der Waals surface area (Å²) in [7, 11) is 0. The van der Waals surface area contributed by atoms with Gasteiger partial charge >= 0.3 is 0 Å². The summed E-state index contributed by atoms with van der Waals surface area (Å²) >= 11 is 0. The molecule has 2 aromatic heterocycles. The quantitative estimate of drug-likeness (QED) is 0.365. The molecule has 1 fully saturated rings. The van der Waals surface area contributed by atoms with Gasteiger partial charge in [-0.2, -0.15) is 4.98 Å². The van der Waals surface area contributed by atoms with Gasteiger partial charge in [0.25, 0.3) is 5.56 Å². The van der Waals surface area contributed by atoms with E-state index in [0.29, 0.717) is 12.1 Å². The van der Waals surface area contributed by atoms with E-state index in [1.165, 1.54) is 6.33 Å². The summed E-state index contributed by atoms with van der Waals surface area (Å²) in [4.78, 5) is 23.4. The van der Waals surface area contributed by atoms with Crippen LogP contribution in [0.15, 0.2) is 41.5 Å². The minimum atomic E-state index is -0.810. The molecule has 3 heterocycles. The zero-order valence-electron chi connectivity index (χ0n) is 15.6. The van der Waals surface area contributed by atoms with Crippen LogP contribution in [-0.4, -0.2) is 66.3 Å². The fraction of sp³-hybridized carbons (Fsp3) is 0.421. The number of H-pyrrole nitrogens is 1. The molecule has 3 aromatic rings. The van der Waals surface area contributed by atoms with Crippen LogP contribution in [0.1, 0.15) is 18.2 Å². The molecular formula is C19H23N5O5. The molecule has 1 unspecified atom stereocenters. The largest absolute Gasteiger partial charge is 0.394 e. The molecule has 5 N–H and O–H groups in total. The maximum absolute atomic E-state index is 12.3. The number of aliphatic hydroxyl groups excluding tert-OH is 3. The number of hydrogen-bond acceptors (Lipinski definition) is 8. The molecular weight excluding hydrogens is 378 g/mol. The van der Waals surface area contributed by atoms with Gasteiger partial charge < -0.3 is 25.4 Å². The first-order valence-corrected chi connectivity index (χ1v) is 9.42. The topological polar surface area (TPSA) is 146 Å². The van der Waals surface area contributed by atoms with E-state index >= 15 is 0 Å². The van der Waals surface area contributed by atoms with Crippen molar-refractivity contribution in [1.29, 1.82) is 0 Å². The summed E-state index contributed by atoms with van der Waals surface area (Å²) in [6, 6.07) is 9.60. The van der Waals surface area contributed by atoms with Crippen molar-refractivity contribution in [2.75, 3.05) is 18.5 Å². The number of benzene rings is 1. The lowest BCUT2D eigenvalue weighted by Gasteiger charge is -2.14. The Bertz CT molecular complexity index is 1020. The van der Waals surface area contributed by atoms with Crippen molar-refractivity contribution < 1.29 is 20.1 Å². The van der Waals surface area contributed by atoms with Crippen LogP contribution in [0.5, 0.6) is 0 Å². The first kappa shape index (κ1) is 19.5. The number of fused-ring (bicyclic) bond motifs is 1. The van der Waals surface area contributed by atoms with Gasteiger partial charge in [-0.15, -0.1) is 0 Å². The highest BCUT2D eigenvalue weighted by molar-refractivity contribution is 5.70. The van der Waals surface area contributed by atoms with Crippen LogP contribution in [0, 0.1) is 0 Å². The van der Waals surface area contributed by atoms with Crippen molar-refractivity contribution in [2.45, 2.75) is 37.4 Å². The van der Waals surface area contributed by atoms with Crippen molar-refractivity contribution in [2.24, 2.45) is 0 Å². The number of anilines is 1. The molecule has 1 aromatic carbocycles. The van der Waals surface area contributed by atoms with Crippen LogP contribution in [0.25, 0.3) is 11.2 Å². The lowest BCUT2D eigenvalue weighted by Crippen LogP contribution is -2.24. The Morgan fingerprint density at radius 2 is 2.14 bits per heavy atom. The second kappa shape index (κ2) is 8.29. The third-order valence-corrected chi connectivity index (χ3v) is 4.95. The molecule has 1 saturated heterocycles. The zero-order chi connectivity index (χ0) is 20.4. The van der Waals surface area contributed by atoms with E-state index < -0.39 is 30.1 Å². The van der Waals surface area contributed by atoms with Gasteiger partial charge in [0.1, 0.15) is 12.3 Å². The number of aromatic amines is 1. The van der Waals surface area contributed by atoms with Gasteiger partial charge in [0.05, 0.1) is 25.1 Å². The van der Waals surface area contributed by atoms with Gasteiger partial charge in [-0.05, 0) is 5.56 Å². The van der Waals surface area contributed by atoms with Gasteiger partial charge in [-0.1, -0.05) is 30.3 Å². The number of imidazole rings is 1. The summed E-state index contributed by atoms with van der Waals surface area (Å²) < 4.78 is 7.19. The summed E-state index contributed by atoms with van der Waals surface area (Å²) in [5, 5.41) is 32.4. The maximum atomic E-state index is 12.3. The molecule has 154 valence electrons. The van der Waals surface area contributed by atoms with Gasteiger partial charge in [0.2, 0.25) is 5.95 Å². The zero-order valence-corrected chi connectivity index (χ0v) is 15.6. The highest BCUT2D eigenvalue weighted by Crippen LogP contribution is 2.30. The van der Waals surface area contributed by atoms with Crippen molar-refractivity contribution in [1.82, 2.24) is 19.5 Å². The molecule has 0 bridgehead atoms. The van der Waals surface area contributed by atoms with E-state index in [0.717, 1.165) is 5.56 Å². The maximum Gasteiger partial charge on any atom is 0.280 e. The third-order valence-electron chi connectivity index (χ3n) is 4.95. The molecule has 0 aliphatic carbocycles. The lowest BCUT2D eigenvalue weighted by molar-refractivity contribution is -0.0432. The highest BCUT2D eigenvalue weighted by atomic mass is 16.5. The SMILES string of the molecule is O=c1[nH]c(NCC(O)Cc2ccccc2)nc2c1ncn2[C@H]1C[C@H](O)[C@@H](CO)O1. The molecule has 1 aliphatic heterocycles. The molecule has 0 radical (unpaired) electrons. The molecule has 29 heavy (non-hydrogen) atoms. The van der Waals surface area contributed by atoms with Gasteiger partial charge in [-0.3, -0.25) is 14.3 Å². The number of nitrogens with zero attached hydrogens (tertiary/aromatic N) is 3. The average molecular weight is 401 g/mol. The van der Waals surface area contributed by atoms with Crippen LogP contribution >= 0.6 is 0 Å². The average Bonchev–Trinajstić information content (AvgIpc) is 3.30. The standard InChI is InChI=1S/C19H23N5O5/c25-9-14-13(27)7-15(29-14)24-10-21-16-17(24)22-19(23-18(16)28)20-8-12(26)6-11-4-2-1-3-5-11/h1-5,10,12-15,25-27H,6-9H2,(H2,20,22,23,28)/t12?,13-,14+,15+/m0/s1. The van der Waals surface area contributed by atoms with E-state index in [1.807, 2.05) is 30.3 Å². The third kappa shape index (κ3) is 4.15. The van der Waals surface area contributed by atoms with Crippen LogP contribution in [0.4, 0.5) is 5.95 Å². The van der Waals surface area contributed by atoms with Crippen molar-refractivity contribution in [3.8, 4) is 0 Å². The van der Waals surface area contributed by atoms with Gasteiger partial charge in [0, 0.05) is 19.4 Å². The smallest absolute Gasteiger partial charge is 0.280 e. The fourth-order valence-electron chi connectivity index (χ4n) is 3.44. The molecule has 0 saturated carbocycles. The Hall–Kier alpha value is -2.79. The second-order valence-electron chi connectivity index (χ2n) is 7.08. The van der Waals surface area contributed by atoms with Gasteiger partial charge in [0.15, 0.2) is 11.2 Å². The van der Waals surface area contributed by atoms with Gasteiger partial charge in [-0.25, -0.2) is 4.98 Å². The summed E-state index contributed by atoms with van der Waals surface area (Å²) in [5.41, 5.74) is 1.02. The van der Waals surface area contributed by atoms with Crippen molar-refractivity contribution >= 4 is 17.1 Å². The van der Waals surface area contributed by atoms with E-state index in [9.17, 15) is 20.1 Å². The normalized spacial score (nSPS) is 22.8. The first-order valence-electron chi connectivity index (χ1n) is 9.42. The van der Waals surface area contributed by atoms with E-state index in [4.69, 9.17) is 4.74 Å². The number of nitrogens with one attached hydrogen (secondary N) is 2. The molecule has 4 rings (SSSR count).